The summed E-state index contributed by atoms with van der Waals surface area (Å²) in [6.45, 7) is 2.08. The zero-order valence-corrected chi connectivity index (χ0v) is 12.7. The van der Waals surface area contributed by atoms with Crippen molar-refractivity contribution in [3.8, 4) is 0 Å². The van der Waals surface area contributed by atoms with Gasteiger partial charge in [-0.05, 0) is 19.4 Å². The maximum Gasteiger partial charge on any atom is 0.251 e. The number of nitrogen functional groups attached to an aromatic ring is 1. The molecule has 2 rings (SSSR count). The Labute approximate surface area is 123 Å². The minimum Gasteiger partial charge on any atom is -0.398 e. The van der Waals surface area contributed by atoms with Crippen LogP contribution in [0.5, 0.6) is 0 Å². The maximum absolute atomic E-state index is 12.3. The molecule has 21 heavy (non-hydrogen) atoms. The van der Waals surface area contributed by atoms with Crippen LogP contribution in [0, 0.1) is 0 Å². The Balaban J connectivity index is 2.14. The summed E-state index contributed by atoms with van der Waals surface area (Å²) in [5.74, 6) is -0.162. The zero-order valence-electron chi connectivity index (χ0n) is 11.9. The van der Waals surface area contributed by atoms with Crippen LogP contribution in [0.25, 0.3) is 0 Å². The van der Waals surface area contributed by atoms with Crippen molar-refractivity contribution in [1.29, 1.82) is 0 Å². The number of pyridine rings is 1. The largest absolute Gasteiger partial charge is 0.398 e. The summed E-state index contributed by atoms with van der Waals surface area (Å²) in [4.78, 5) is 25.5. The van der Waals surface area contributed by atoms with Crippen molar-refractivity contribution in [3.63, 3.8) is 0 Å². The maximum atomic E-state index is 12.3. The van der Waals surface area contributed by atoms with Crippen LogP contribution in [0.1, 0.15) is 13.3 Å². The molecule has 2 heterocycles. The van der Waals surface area contributed by atoms with Gasteiger partial charge in [-0.25, -0.2) is 8.42 Å². The van der Waals surface area contributed by atoms with Crippen LogP contribution in [0.15, 0.2) is 23.1 Å². The van der Waals surface area contributed by atoms with Crippen LogP contribution < -0.4 is 11.3 Å². The van der Waals surface area contributed by atoms with Crippen LogP contribution in [0.2, 0.25) is 0 Å². The molecule has 1 atom stereocenters. The van der Waals surface area contributed by atoms with Gasteiger partial charge in [0.25, 0.3) is 5.56 Å². The van der Waals surface area contributed by atoms with Crippen molar-refractivity contribution < 1.29 is 13.2 Å². The first-order valence-electron chi connectivity index (χ1n) is 6.78. The number of sulfone groups is 1. The van der Waals surface area contributed by atoms with Gasteiger partial charge in [0, 0.05) is 30.5 Å². The quantitative estimate of drug-likeness (QED) is 0.804. The first-order chi connectivity index (χ1) is 9.82. The summed E-state index contributed by atoms with van der Waals surface area (Å²) in [5, 5.41) is 0. The van der Waals surface area contributed by atoms with Gasteiger partial charge in [-0.3, -0.25) is 9.59 Å². The summed E-state index contributed by atoms with van der Waals surface area (Å²) in [7, 11) is -3.05. The van der Waals surface area contributed by atoms with Gasteiger partial charge in [0.2, 0.25) is 5.91 Å². The van der Waals surface area contributed by atoms with E-state index in [-0.39, 0.29) is 35.6 Å². The predicted octanol–water partition coefficient (Wildman–Crippen LogP) is -0.534. The van der Waals surface area contributed by atoms with Crippen molar-refractivity contribution in [1.82, 2.24) is 9.47 Å². The molecule has 1 amide bonds. The highest BCUT2D eigenvalue weighted by Gasteiger charge is 2.33. The standard InChI is InChI=1S/C13H19N3O4S/c1-2-16(11-5-6-21(19,20)9-11)13(18)8-15-7-10(14)3-4-12(15)17/h3-4,7,11H,2,5-6,8-9,14H2,1H3. The Kier molecular flexibility index (Phi) is 4.36. The predicted molar refractivity (Wildman–Crippen MR) is 79.6 cm³/mol. The van der Waals surface area contributed by atoms with Crippen molar-refractivity contribution in [2.45, 2.75) is 25.9 Å². The molecule has 1 aliphatic rings. The van der Waals surface area contributed by atoms with Gasteiger partial charge in [-0.1, -0.05) is 0 Å². The third-order valence-electron chi connectivity index (χ3n) is 3.62. The molecule has 7 nitrogen and oxygen atoms in total. The van der Waals surface area contributed by atoms with E-state index in [1.807, 2.05) is 0 Å². The van der Waals surface area contributed by atoms with Crippen LogP contribution in [0.3, 0.4) is 0 Å². The lowest BCUT2D eigenvalue weighted by Gasteiger charge is -2.27. The summed E-state index contributed by atoms with van der Waals surface area (Å²) in [6, 6.07) is 2.48. The second-order valence-electron chi connectivity index (χ2n) is 5.17. The lowest BCUT2D eigenvalue weighted by molar-refractivity contribution is -0.133. The molecule has 0 radical (unpaired) electrons. The third-order valence-corrected chi connectivity index (χ3v) is 5.37. The number of rotatable bonds is 4. The fourth-order valence-electron chi connectivity index (χ4n) is 2.57. The Morgan fingerprint density at radius 2 is 2.19 bits per heavy atom. The molecule has 1 aromatic rings. The number of amides is 1. The average Bonchev–Trinajstić information content (AvgIpc) is 2.75. The fraction of sp³-hybridized carbons (Fsp3) is 0.538. The SMILES string of the molecule is CCN(C(=O)Cn1cc(N)ccc1=O)C1CCS(=O)(=O)C1. The van der Waals surface area contributed by atoms with Gasteiger partial charge in [0.1, 0.15) is 6.54 Å². The first-order valence-corrected chi connectivity index (χ1v) is 8.60. The normalized spacial score (nSPS) is 20.3. The number of hydrogen-bond donors (Lipinski definition) is 1. The van der Waals surface area contributed by atoms with E-state index < -0.39 is 9.84 Å². The summed E-state index contributed by atoms with van der Waals surface area (Å²) < 4.78 is 24.3. The molecule has 8 heteroatoms. The van der Waals surface area contributed by atoms with Gasteiger partial charge >= 0.3 is 0 Å². The van der Waals surface area contributed by atoms with Crippen LogP contribution in [-0.4, -0.2) is 47.9 Å². The lowest BCUT2D eigenvalue weighted by Crippen LogP contribution is -2.43. The van der Waals surface area contributed by atoms with Crippen LogP contribution in [-0.2, 0) is 21.2 Å². The number of nitrogens with two attached hydrogens (primary N) is 1. The van der Waals surface area contributed by atoms with E-state index in [0.29, 0.717) is 18.7 Å². The lowest BCUT2D eigenvalue weighted by atomic mass is 10.2. The van der Waals surface area contributed by atoms with Crippen molar-refractivity contribution in [3.05, 3.63) is 28.7 Å². The highest BCUT2D eigenvalue weighted by atomic mass is 32.2. The Morgan fingerprint density at radius 3 is 2.76 bits per heavy atom. The number of anilines is 1. The van der Waals surface area contributed by atoms with E-state index in [1.54, 1.807) is 6.92 Å². The molecular weight excluding hydrogens is 294 g/mol. The Hall–Kier alpha value is -1.83. The number of nitrogens with zero attached hydrogens (tertiary/aromatic N) is 2. The smallest absolute Gasteiger partial charge is 0.251 e. The van der Waals surface area contributed by atoms with Gasteiger partial charge < -0.3 is 15.2 Å². The molecule has 1 aliphatic heterocycles. The molecule has 0 saturated carbocycles. The summed E-state index contributed by atoms with van der Waals surface area (Å²) in [5.41, 5.74) is 5.69. The third kappa shape index (κ3) is 3.63. The minimum atomic E-state index is -3.05. The van der Waals surface area contributed by atoms with E-state index >= 15 is 0 Å². The van der Waals surface area contributed by atoms with E-state index in [1.165, 1.54) is 27.8 Å². The fourth-order valence-corrected chi connectivity index (χ4v) is 4.30. The zero-order chi connectivity index (χ0) is 15.6. The molecule has 0 bridgehead atoms. The van der Waals surface area contributed by atoms with E-state index in [9.17, 15) is 18.0 Å². The molecule has 0 spiro atoms. The van der Waals surface area contributed by atoms with Gasteiger partial charge in [-0.2, -0.15) is 0 Å². The van der Waals surface area contributed by atoms with E-state index in [0.717, 1.165) is 0 Å². The second-order valence-corrected chi connectivity index (χ2v) is 7.39. The average molecular weight is 313 g/mol. The van der Waals surface area contributed by atoms with E-state index in [4.69, 9.17) is 5.73 Å². The highest BCUT2D eigenvalue weighted by molar-refractivity contribution is 7.91. The number of hydrogen-bond acceptors (Lipinski definition) is 5. The summed E-state index contributed by atoms with van der Waals surface area (Å²) >= 11 is 0. The van der Waals surface area contributed by atoms with Crippen molar-refractivity contribution >= 4 is 21.4 Å². The van der Waals surface area contributed by atoms with Crippen molar-refractivity contribution in [2.75, 3.05) is 23.8 Å². The van der Waals surface area contributed by atoms with Gasteiger partial charge in [0.05, 0.1) is 11.5 Å². The van der Waals surface area contributed by atoms with Crippen LogP contribution in [0.4, 0.5) is 5.69 Å². The molecule has 116 valence electrons. The molecule has 2 N–H and O–H groups in total. The molecule has 1 unspecified atom stereocenters. The molecule has 1 saturated heterocycles. The monoisotopic (exact) mass is 313 g/mol. The molecule has 0 aliphatic carbocycles. The second kappa shape index (κ2) is 5.88. The van der Waals surface area contributed by atoms with Gasteiger partial charge in [-0.15, -0.1) is 0 Å². The Morgan fingerprint density at radius 1 is 1.48 bits per heavy atom. The molecule has 1 fully saturated rings. The minimum absolute atomic E-state index is 0.00158. The van der Waals surface area contributed by atoms with Gasteiger partial charge in [0.15, 0.2) is 9.84 Å². The van der Waals surface area contributed by atoms with E-state index in [2.05, 4.69) is 0 Å². The Bertz CT molecular complexity index is 696. The topological polar surface area (TPSA) is 102 Å². The number of likely N-dealkylation sites (N-methyl/N-ethyl adjacent to an activating group) is 1. The van der Waals surface area contributed by atoms with Crippen molar-refractivity contribution in [2.24, 2.45) is 0 Å². The first kappa shape index (κ1) is 15.6. The number of carbonyl (C=O) groups is 1. The highest BCUT2D eigenvalue weighted by Crippen LogP contribution is 2.18. The molecular formula is C13H19N3O4S. The summed E-state index contributed by atoms with van der Waals surface area (Å²) in [6.07, 6.45) is 1.87. The molecule has 1 aromatic heterocycles. The van der Waals surface area contributed by atoms with Crippen LogP contribution >= 0.6 is 0 Å². The number of carbonyl (C=O) groups excluding carboxylic acids is 1. The molecule has 0 aromatic carbocycles. The number of aromatic nitrogens is 1.